The molecule has 0 saturated carbocycles. The van der Waals surface area contributed by atoms with Gasteiger partial charge in [-0.15, -0.1) is 0 Å². The number of carbonyl (C=O) groups is 1. The van der Waals surface area contributed by atoms with E-state index in [9.17, 15) is 18.0 Å². The van der Waals surface area contributed by atoms with Crippen molar-refractivity contribution in [2.45, 2.75) is 50.8 Å². The molecular weight excluding hydrogens is 470 g/mol. The molecule has 2 saturated heterocycles. The van der Waals surface area contributed by atoms with E-state index in [1.807, 2.05) is 0 Å². The molecule has 1 amide bonds. The Kier molecular flexibility index (Phi) is 5.65. The van der Waals surface area contributed by atoms with Crippen LogP contribution in [0.5, 0.6) is 0 Å². The molecule has 4 heterocycles. The summed E-state index contributed by atoms with van der Waals surface area (Å²) < 4.78 is 47.1. The maximum Gasteiger partial charge on any atom is 0.411 e. The number of halogens is 5. The Morgan fingerprint density at radius 1 is 1.31 bits per heavy atom. The smallest absolute Gasteiger partial charge is 0.411 e. The average molecular weight is 490 g/mol. The Balaban J connectivity index is 1.79. The molecule has 0 N–H and O–H groups in total. The number of fused-ring (bicyclic) bond motifs is 3. The van der Waals surface area contributed by atoms with Crippen LogP contribution >= 0.6 is 23.2 Å². The van der Waals surface area contributed by atoms with Crippen molar-refractivity contribution in [1.82, 2.24) is 19.9 Å². The van der Waals surface area contributed by atoms with Crippen LogP contribution in [0.2, 0.25) is 10.4 Å². The fourth-order valence-electron chi connectivity index (χ4n) is 4.43. The van der Waals surface area contributed by atoms with Gasteiger partial charge in [0.1, 0.15) is 16.9 Å². The van der Waals surface area contributed by atoms with Gasteiger partial charge in [-0.2, -0.15) is 13.8 Å². The van der Waals surface area contributed by atoms with Gasteiger partial charge in [-0.05, 0) is 45.2 Å². The number of rotatable bonds is 2. The van der Waals surface area contributed by atoms with Crippen LogP contribution in [-0.4, -0.2) is 56.2 Å². The highest BCUT2D eigenvalue weighted by molar-refractivity contribution is 6.30. The summed E-state index contributed by atoms with van der Waals surface area (Å²) in [5.41, 5.74) is -2.24. The predicted molar refractivity (Wildman–Crippen MR) is 114 cm³/mol. The monoisotopic (exact) mass is 489 g/mol. The summed E-state index contributed by atoms with van der Waals surface area (Å²) in [7, 11) is 0. The predicted octanol–water partition coefficient (Wildman–Crippen LogP) is 5.21. The number of carbonyl (C=O) groups excluding carboxylic acids is 1. The largest absolute Gasteiger partial charge is 0.444 e. The lowest BCUT2D eigenvalue weighted by atomic mass is 9.94. The van der Waals surface area contributed by atoms with Crippen LogP contribution in [0.15, 0.2) is 18.4 Å². The molecule has 2 aromatic heterocycles. The first-order chi connectivity index (χ1) is 14.9. The molecule has 2 atom stereocenters. The van der Waals surface area contributed by atoms with Gasteiger partial charge in [0, 0.05) is 25.4 Å². The van der Waals surface area contributed by atoms with Crippen molar-refractivity contribution in [3.63, 3.8) is 0 Å². The van der Waals surface area contributed by atoms with Crippen LogP contribution in [0.25, 0.3) is 10.9 Å². The summed E-state index contributed by atoms with van der Waals surface area (Å²) in [6, 6.07) is -0.428. The maximum atomic E-state index is 14.5. The standard InChI is InChI=1S/C20H20Cl2F3N5O2/c1-19(2,3)32-18(31)30-10-4-5-20(30,6-12(23)24)9-29(8-10)16-11-7-26-15(21)13(25)14(11)27-17(22)28-16/h6-7,10H,4-5,8-9H2,1-3H3. The van der Waals surface area contributed by atoms with Crippen LogP contribution < -0.4 is 4.90 Å². The zero-order valence-corrected chi connectivity index (χ0v) is 19.0. The number of nitrogens with zero attached hydrogens (tertiary/aromatic N) is 5. The first kappa shape index (κ1) is 22.8. The van der Waals surface area contributed by atoms with Gasteiger partial charge in [0.25, 0.3) is 6.08 Å². The zero-order valence-electron chi connectivity index (χ0n) is 17.5. The number of pyridine rings is 1. The molecule has 172 valence electrons. The molecule has 0 aliphatic carbocycles. The number of aromatic nitrogens is 3. The fraction of sp³-hybridized carbons (Fsp3) is 0.500. The van der Waals surface area contributed by atoms with Gasteiger partial charge < -0.3 is 9.64 Å². The normalized spacial score (nSPS) is 22.9. The highest BCUT2D eigenvalue weighted by Gasteiger charge is 2.54. The van der Waals surface area contributed by atoms with Crippen molar-refractivity contribution in [3.05, 3.63) is 34.6 Å². The van der Waals surface area contributed by atoms with Crippen molar-refractivity contribution < 1.29 is 22.7 Å². The number of hydrogen-bond donors (Lipinski definition) is 0. The zero-order chi connectivity index (χ0) is 23.4. The number of piperazine rings is 1. The van der Waals surface area contributed by atoms with Gasteiger partial charge in [-0.25, -0.2) is 19.2 Å². The molecule has 0 radical (unpaired) electrons. The van der Waals surface area contributed by atoms with Crippen LogP contribution in [0, 0.1) is 5.82 Å². The minimum Gasteiger partial charge on any atom is -0.444 e. The Hall–Kier alpha value is -2.33. The maximum absolute atomic E-state index is 14.5. The van der Waals surface area contributed by atoms with Crippen LogP contribution in [0.1, 0.15) is 33.6 Å². The van der Waals surface area contributed by atoms with Crippen molar-refractivity contribution in [2.24, 2.45) is 0 Å². The number of amides is 1. The molecule has 2 unspecified atom stereocenters. The van der Waals surface area contributed by atoms with Gasteiger partial charge in [-0.1, -0.05) is 11.6 Å². The summed E-state index contributed by atoms with van der Waals surface area (Å²) in [5.74, 6) is -0.620. The van der Waals surface area contributed by atoms with E-state index < -0.39 is 35.2 Å². The Morgan fingerprint density at radius 3 is 2.69 bits per heavy atom. The molecular formula is C20H20Cl2F3N5O2. The summed E-state index contributed by atoms with van der Waals surface area (Å²) in [6.07, 6.45) is 0.305. The molecule has 7 nitrogen and oxygen atoms in total. The number of anilines is 1. The quantitative estimate of drug-likeness (QED) is 0.425. The van der Waals surface area contributed by atoms with Gasteiger partial charge in [0.15, 0.2) is 11.0 Å². The van der Waals surface area contributed by atoms with Crippen LogP contribution in [0.4, 0.5) is 23.8 Å². The molecule has 32 heavy (non-hydrogen) atoms. The second kappa shape index (κ2) is 7.91. The highest BCUT2D eigenvalue weighted by Crippen LogP contribution is 2.44. The number of hydrogen-bond acceptors (Lipinski definition) is 6. The molecule has 2 aliphatic heterocycles. The van der Waals surface area contributed by atoms with Crippen LogP contribution in [0.3, 0.4) is 0 Å². The van der Waals surface area contributed by atoms with Gasteiger partial charge in [0.2, 0.25) is 5.28 Å². The minimum atomic E-state index is -1.91. The summed E-state index contributed by atoms with van der Waals surface area (Å²) in [5, 5.41) is -0.356. The van der Waals surface area contributed by atoms with E-state index in [-0.39, 0.29) is 40.2 Å². The molecule has 2 bridgehead atoms. The third-order valence-corrected chi connectivity index (χ3v) is 5.95. The van der Waals surface area contributed by atoms with E-state index in [1.54, 1.807) is 25.7 Å². The molecule has 2 aromatic rings. The molecule has 2 fully saturated rings. The van der Waals surface area contributed by atoms with Crippen molar-refractivity contribution in [1.29, 1.82) is 0 Å². The Labute approximate surface area is 192 Å². The summed E-state index contributed by atoms with van der Waals surface area (Å²) in [6.45, 7) is 5.37. The lowest BCUT2D eigenvalue weighted by Crippen LogP contribution is -2.63. The number of ether oxygens (including phenoxy) is 1. The first-order valence-corrected chi connectivity index (χ1v) is 10.6. The van der Waals surface area contributed by atoms with Gasteiger partial charge in [-0.3, -0.25) is 4.90 Å². The van der Waals surface area contributed by atoms with E-state index in [0.717, 1.165) is 6.08 Å². The van der Waals surface area contributed by atoms with Crippen molar-refractivity contribution in [2.75, 3.05) is 18.0 Å². The van der Waals surface area contributed by atoms with E-state index in [0.29, 0.717) is 12.8 Å². The first-order valence-electron chi connectivity index (χ1n) is 9.88. The van der Waals surface area contributed by atoms with E-state index in [1.165, 1.54) is 11.1 Å². The van der Waals surface area contributed by atoms with E-state index in [2.05, 4.69) is 15.0 Å². The lowest BCUT2D eigenvalue weighted by molar-refractivity contribution is 0.00169. The van der Waals surface area contributed by atoms with Crippen molar-refractivity contribution >= 4 is 46.0 Å². The van der Waals surface area contributed by atoms with Gasteiger partial charge in [0.05, 0.1) is 17.0 Å². The highest BCUT2D eigenvalue weighted by atomic mass is 35.5. The lowest BCUT2D eigenvalue weighted by Gasteiger charge is -2.47. The SMILES string of the molecule is CC(C)(C)OC(=O)N1C2CCC1(C=C(F)F)CN(c1nc(Cl)nc3c(F)c(Cl)ncc13)C2. The second-order valence-corrected chi connectivity index (χ2v) is 9.60. The summed E-state index contributed by atoms with van der Waals surface area (Å²) in [4.78, 5) is 28.0. The average Bonchev–Trinajstić information content (AvgIpc) is 2.89. The third kappa shape index (κ3) is 4.05. The molecule has 4 rings (SSSR count). The van der Waals surface area contributed by atoms with E-state index >= 15 is 0 Å². The summed E-state index contributed by atoms with van der Waals surface area (Å²) >= 11 is 11.8. The van der Waals surface area contributed by atoms with Crippen LogP contribution in [-0.2, 0) is 4.74 Å². The molecule has 12 heteroatoms. The molecule has 0 aromatic carbocycles. The molecule has 2 aliphatic rings. The molecule has 0 spiro atoms. The minimum absolute atomic E-state index is 0.0211. The second-order valence-electron chi connectivity index (χ2n) is 8.90. The van der Waals surface area contributed by atoms with E-state index in [4.69, 9.17) is 27.9 Å². The third-order valence-electron chi connectivity index (χ3n) is 5.51. The fourth-order valence-corrected chi connectivity index (χ4v) is 4.74. The topological polar surface area (TPSA) is 71.5 Å². The van der Waals surface area contributed by atoms with Gasteiger partial charge >= 0.3 is 6.09 Å². The van der Waals surface area contributed by atoms with Crippen molar-refractivity contribution in [3.8, 4) is 0 Å². The Morgan fingerprint density at radius 2 is 2.03 bits per heavy atom. The Bertz CT molecular complexity index is 1120.